The fourth-order valence-electron chi connectivity index (χ4n) is 1.37. The monoisotopic (exact) mass is 237 g/mol. The molecule has 2 unspecified atom stereocenters. The normalized spacial score (nSPS) is 26.2. The van der Waals surface area contributed by atoms with E-state index in [9.17, 15) is 0 Å². The van der Waals surface area contributed by atoms with E-state index in [-0.39, 0.29) is 12.0 Å². The molecule has 0 amide bonds. The summed E-state index contributed by atoms with van der Waals surface area (Å²) in [5.74, 6) is 0.0289. The van der Waals surface area contributed by atoms with Gasteiger partial charge < -0.3 is 4.74 Å². The van der Waals surface area contributed by atoms with E-state index in [1.54, 1.807) is 0 Å². The zero-order valence-corrected chi connectivity index (χ0v) is 8.49. The summed E-state index contributed by atoms with van der Waals surface area (Å²) in [4.78, 5) is 0. The molecule has 2 atom stereocenters. The predicted octanol–water partition coefficient (Wildman–Crippen LogP) is 2.66. The van der Waals surface area contributed by atoms with Crippen LogP contribution < -0.4 is 0 Å². The van der Waals surface area contributed by atoms with Crippen LogP contribution in [0.25, 0.3) is 0 Å². The van der Waals surface area contributed by atoms with E-state index in [2.05, 4.69) is 22.0 Å². The van der Waals surface area contributed by atoms with Crippen molar-refractivity contribution in [1.82, 2.24) is 0 Å². The number of nitriles is 1. The van der Waals surface area contributed by atoms with Crippen LogP contribution in [0.4, 0.5) is 0 Å². The lowest BCUT2D eigenvalue weighted by molar-refractivity contribution is -0.0921. The molecule has 2 rings (SSSR count). The third kappa shape index (κ3) is 1.60. The lowest BCUT2D eigenvalue weighted by atomic mass is 9.93. The molecule has 3 heteroatoms. The van der Waals surface area contributed by atoms with Gasteiger partial charge in [-0.05, 0) is 17.7 Å². The lowest BCUT2D eigenvalue weighted by Gasteiger charge is -2.32. The van der Waals surface area contributed by atoms with Crippen LogP contribution in [0.5, 0.6) is 0 Å². The Hall–Kier alpha value is -0.850. The number of rotatable bonds is 1. The Morgan fingerprint density at radius 1 is 1.38 bits per heavy atom. The van der Waals surface area contributed by atoms with Crippen LogP contribution in [0.1, 0.15) is 11.7 Å². The van der Waals surface area contributed by atoms with E-state index >= 15 is 0 Å². The van der Waals surface area contributed by atoms with Gasteiger partial charge in [-0.15, -0.1) is 0 Å². The zero-order chi connectivity index (χ0) is 9.26. The maximum atomic E-state index is 8.73. The van der Waals surface area contributed by atoms with Crippen LogP contribution >= 0.6 is 15.9 Å². The molecule has 0 aromatic heterocycles. The molecule has 0 aliphatic carbocycles. The van der Waals surface area contributed by atoms with Gasteiger partial charge in [0.25, 0.3) is 0 Å². The molecule has 1 saturated heterocycles. The first-order chi connectivity index (χ1) is 6.31. The number of benzene rings is 1. The quantitative estimate of drug-likeness (QED) is 0.753. The summed E-state index contributed by atoms with van der Waals surface area (Å²) < 4.78 is 6.37. The standard InChI is InChI=1S/C10H8BrNO/c11-9-3-1-7(2-4-9)10-8(5-12)6-13-10/h1-4,8,10H,6H2. The second kappa shape index (κ2) is 3.49. The molecule has 0 N–H and O–H groups in total. The van der Waals surface area contributed by atoms with Gasteiger partial charge in [0.15, 0.2) is 0 Å². The summed E-state index contributed by atoms with van der Waals surface area (Å²) in [7, 11) is 0. The number of hydrogen-bond acceptors (Lipinski definition) is 2. The van der Waals surface area contributed by atoms with Crippen molar-refractivity contribution >= 4 is 15.9 Å². The Morgan fingerprint density at radius 2 is 2.08 bits per heavy atom. The van der Waals surface area contributed by atoms with Gasteiger partial charge in [0, 0.05) is 4.47 Å². The minimum atomic E-state index is -0.0156. The first kappa shape index (κ1) is 8.74. The van der Waals surface area contributed by atoms with Crippen molar-refractivity contribution in [2.75, 3.05) is 6.61 Å². The Balaban J connectivity index is 2.18. The molecule has 1 aliphatic heterocycles. The van der Waals surface area contributed by atoms with E-state index in [1.165, 1.54) is 0 Å². The lowest BCUT2D eigenvalue weighted by Crippen LogP contribution is -2.30. The summed E-state index contributed by atoms with van der Waals surface area (Å²) in [6.07, 6.45) is -0.0156. The summed E-state index contributed by atoms with van der Waals surface area (Å²) >= 11 is 3.36. The Kier molecular flexibility index (Phi) is 2.34. The molecule has 0 bridgehead atoms. The molecular weight excluding hydrogens is 230 g/mol. The first-order valence-electron chi connectivity index (χ1n) is 4.08. The van der Waals surface area contributed by atoms with Crippen LogP contribution in [0.2, 0.25) is 0 Å². The molecular formula is C10H8BrNO. The second-order valence-corrected chi connectivity index (χ2v) is 3.96. The summed E-state index contributed by atoms with van der Waals surface area (Å²) in [5.41, 5.74) is 1.08. The maximum absolute atomic E-state index is 8.73. The van der Waals surface area contributed by atoms with Gasteiger partial charge in [0.2, 0.25) is 0 Å². The second-order valence-electron chi connectivity index (χ2n) is 3.04. The van der Waals surface area contributed by atoms with Crippen LogP contribution in [0, 0.1) is 17.2 Å². The third-order valence-corrected chi connectivity index (χ3v) is 2.71. The Morgan fingerprint density at radius 3 is 2.54 bits per heavy atom. The zero-order valence-electron chi connectivity index (χ0n) is 6.90. The molecule has 1 aliphatic rings. The molecule has 66 valence electrons. The van der Waals surface area contributed by atoms with Crippen molar-refractivity contribution in [3.05, 3.63) is 34.3 Å². The average molecular weight is 238 g/mol. The van der Waals surface area contributed by atoms with E-state index in [0.717, 1.165) is 10.0 Å². The third-order valence-electron chi connectivity index (χ3n) is 2.19. The molecule has 1 heterocycles. The van der Waals surface area contributed by atoms with Crippen molar-refractivity contribution < 1.29 is 4.74 Å². The molecule has 1 aromatic rings. The van der Waals surface area contributed by atoms with Crippen molar-refractivity contribution in [1.29, 1.82) is 5.26 Å². The average Bonchev–Trinajstić information content (AvgIpc) is 2.08. The highest BCUT2D eigenvalue weighted by Crippen LogP contribution is 2.35. The van der Waals surface area contributed by atoms with Gasteiger partial charge in [-0.2, -0.15) is 5.26 Å². The van der Waals surface area contributed by atoms with E-state index in [1.807, 2.05) is 24.3 Å². The van der Waals surface area contributed by atoms with Crippen molar-refractivity contribution in [3.63, 3.8) is 0 Å². The largest absolute Gasteiger partial charge is 0.371 e. The van der Waals surface area contributed by atoms with Gasteiger partial charge in [0.1, 0.15) is 12.0 Å². The highest BCUT2D eigenvalue weighted by atomic mass is 79.9. The van der Waals surface area contributed by atoms with Gasteiger partial charge in [-0.1, -0.05) is 28.1 Å². The number of hydrogen-bond donors (Lipinski definition) is 0. The number of nitrogens with zero attached hydrogens (tertiary/aromatic N) is 1. The highest BCUT2D eigenvalue weighted by Gasteiger charge is 2.33. The van der Waals surface area contributed by atoms with Gasteiger partial charge in [-0.25, -0.2) is 0 Å². The van der Waals surface area contributed by atoms with Crippen LogP contribution in [0.3, 0.4) is 0 Å². The Bertz CT molecular complexity index is 341. The van der Waals surface area contributed by atoms with Gasteiger partial charge in [-0.3, -0.25) is 0 Å². The molecule has 0 radical (unpaired) electrons. The van der Waals surface area contributed by atoms with Gasteiger partial charge in [0.05, 0.1) is 12.7 Å². The predicted molar refractivity (Wildman–Crippen MR) is 51.9 cm³/mol. The molecule has 0 spiro atoms. The van der Waals surface area contributed by atoms with E-state index < -0.39 is 0 Å². The molecule has 1 fully saturated rings. The maximum Gasteiger partial charge on any atom is 0.101 e. The summed E-state index contributed by atoms with van der Waals surface area (Å²) in [5, 5.41) is 8.73. The summed E-state index contributed by atoms with van der Waals surface area (Å²) in [6.45, 7) is 0.567. The molecule has 13 heavy (non-hydrogen) atoms. The van der Waals surface area contributed by atoms with Crippen molar-refractivity contribution in [3.8, 4) is 6.07 Å². The molecule has 1 aromatic carbocycles. The topological polar surface area (TPSA) is 33.0 Å². The van der Waals surface area contributed by atoms with Gasteiger partial charge >= 0.3 is 0 Å². The first-order valence-corrected chi connectivity index (χ1v) is 4.87. The molecule has 2 nitrogen and oxygen atoms in total. The Labute approximate surface area is 85.3 Å². The smallest absolute Gasteiger partial charge is 0.101 e. The summed E-state index contributed by atoms with van der Waals surface area (Å²) in [6, 6.07) is 10.1. The fraction of sp³-hybridized carbons (Fsp3) is 0.300. The van der Waals surface area contributed by atoms with Crippen LogP contribution in [-0.2, 0) is 4.74 Å². The van der Waals surface area contributed by atoms with Crippen molar-refractivity contribution in [2.24, 2.45) is 5.92 Å². The molecule has 0 saturated carbocycles. The van der Waals surface area contributed by atoms with Crippen LogP contribution in [-0.4, -0.2) is 6.61 Å². The minimum absolute atomic E-state index is 0.0156. The number of ether oxygens (including phenoxy) is 1. The fourth-order valence-corrected chi connectivity index (χ4v) is 1.64. The van der Waals surface area contributed by atoms with Crippen molar-refractivity contribution in [2.45, 2.75) is 6.10 Å². The number of halogens is 1. The SMILES string of the molecule is N#CC1COC1c1ccc(Br)cc1. The minimum Gasteiger partial charge on any atom is -0.371 e. The highest BCUT2D eigenvalue weighted by molar-refractivity contribution is 9.10. The van der Waals surface area contributed by atoms with Crippen LogP contribution in [0.15, 0.2) is 28.7 Å². The van der Waals surface area contributed by atoms with E-state index in [0.29, 0.717) is 6.61 Å². The van der Waals surface area contributed by atoms with E-state index in [4.69, 9.17) is 10.00 Å².